The van der Waals surface area contributed by atoms with Gasteiger partial charge in [0.15, 0.2) is 0 Å². The Balaban J connectivity index is 0.00000282. The number of likely N-dealkylation sites (tertiary alicyclic amines) is 1. The summed E-state index contributed by atoms with van der Waals surface area (Å²) < 4.78 is 2.24. The van der Waals surface area contributed by atoms with Gasteiger partial charge in [0.1, 0.15) is 16.9 Å². The van der Waals surface area contributed by atoms with Crippen molar-refractivity contribution < 1.29 is 14.7 Å². The fraction of sp³-hybridized carbons (Fsp3) is 0.556. The number of nitrogens with zero attached hydrogens (tertiary/aromatic N) is 5. The van der Waals surface area contributed by atoms with Gasteiger partial charge in [-0.3, -0.25) is 9.59 Å². The summed E-state index contributed by atoms with van der Waals surface area (Å²) >= 11 is 1.50. The van der Waals surface area contributed by atoms with Crippen molar-refractivity contribution in [2.45, 2.75) is 105 Å². The van der Waals surface area contributed by atoms with E-state index in [0.717, 1.165) is 65.6 Å². The topological polar surface area (TPSA) is 104 Å². The number of aryl methyl sites for hydroxylation is 1. The van der Waals surface area contributed by atoms with Crippen molar-refractivity contribution in [3.8, 4) is 0 Å². The maximum atomic E-state index is 13.7. The standard InChI is InChI=1S/C34H48N6O3S.C2H6/c1-7-13-25(19-23(3)38(5)6)29-17-12-18-39(29)34(43)32(41)27(14-8-2)33(42)35-20-31-37-26(22-44-31)21-40-24(4)36-28-15-10-9-11-16-30(28)40;1-2/h7,10,13,15,19,22,27,29,32,41H,3,8-9,11-12,14,16-18,20-21H2,1-2,4-6H3,(H,35,42);1-2H3/b13-7-,25-19+;. The van der Waals surface area contributed by atoms with Crippen LogP contribution >= 0.6 is 11.3 Å². The third-order valence-electron chi connectivity index (χ3n) is 8.45. The van der Waals surface area contributed by atoms with Gasteiger partial charge in [-0.05, 0) is 70.1 Å². The molecule has 252 valence electrons. The molecule has 1 aliphatic carbocycles. The molecule has 0 spiro atoms. The summed E-state index contributed by atoms with van der Waals surface area (Å²) in [6, 6.07) is -0.172. The van der Waals surface area contributed by atoms with Crippen molar-refractivity contribution >= 4 is 29.2 Å². The van der Waals surface area contributed by atoms with Crippen molar-refractivity contribution in [2.75, 3.05) is 20.6 Å². The van der Waals surface area contributed by atoms with E-state index in [2.05, 4.69) is 28.6 Å². The quantitative estimate of drug-likeness (QED) is 0.257. The van der Waals surface area contributed by atoms with Crippen LogP contribution in [0.15, 0.2) is 47.5 Å². The molecule has 0 saturated carbocycles. The average molecular weight is 651 g/mol. The SMILES string of the molecule is C=C(/C=C(\C=C/C)C1CCCN1C(=O)C(O)C(CCC)C(=O)NCc1nc(Cn2c(C)nc3c2CCCC=C3)cs1)N(C)C.CC. The highest BCUT2D eigenvalue weighted by atomic mass is 32.1. The Bertz CT molecular complexity index is 1420. The second kappa shape index (κ2) is 18.0. The number of hydrogen-bond donors (Lipinski definition) is 2. The molecule has 2 aliphatic rings. The monoisotopic (exact) mass is 650 g/mol. The van der Waals surface area contributed by atoms with E-state index in [1.165, 1.54) is 17.0 Å². The van der Waals surface area contributed by atoms with Gasteiger partial charge in [-0.25, -0.2) is 9.97 Å². The first-order valence-electron chi connectivity index (χ1n) is 16.8. The van der Waals surface area contributed by atoms with Crippen LogP contribution in [0.1, 0.15) is 94.1 Å². The van der Waals surface area contributed by atoms with Gasteiger partial charge in [-0.1, -0.05) is 52.0 Å². The Kier molecular flexibility index (Phi) is 14.5. The molecule has 9 nitrogen and oxygen atoms in total. The minimum Gasteiger partial charge on any atom is -0.382 e. The van der Waals surface area contributed by atoms with Gasteiger partial charge < -0.3 is 24.8 Å². The van der Waals surface area contributed by atoms with E-state index in [4.69, 9.17) is 9.97 Å². The summed E-state index contributed by atoms with van der Waals surface area (Å²) in [6.45, 7) is 15.5. The molecule has 0 radical (unpaired) electrons. The summed E-state index contributed by atoms with van der Waals surface area (Å²) in [5, 5.41) is 17.1. The Morgan fingerprint density at radius 1 is 1.26 bits per heavy atom. The fourth-order valence-corrected chi connectivity index (χ4v) is 6.74. The molecule has 3 unspecified atom stereocenters. The number of aliphatic hydroxyl groups excluding tert-OH is 1. The van der Waals surface area contributed by atoms with E-state index in [0.29, 0.717) is 25.9 Å². The van der Waals surface area contributed by atoms with Gasteiger partial charge in [0.05, 0.1) is 36.4 Å². The number of aliphatic hydroxyl groups is 1. The molecule has 3 heterocycles. The second-order valence-electron chi connectivity index (χ2n) is 11.9. The zero-order valence-electron chi connectivity index (χ0n) is 28.9. The van der Waals surface area contributed by atoms with Crippen LogP contribution in [0.4, 0.5) is 0 Å². The Labute approximate surface area is 279 Å². The number of nitrogens with one attached hydrogen (secondary N) is 1. The van der Waals surface area contributed by atoms with Crippen molar-refractivity contribution in [1.29, 1.82) is 0 Å². The number of amides is 2. The van der Waals surface area contributed by atoms with Gasteiger partial charge in [-0.2, -0.15) is 0 Å². The zero-order chi connectivity index (χ0) is 33.8. The normalized spacial score (nSPS) is 17.6. The third kappa shape index (κ3) is 9.28. The molecule has 1 saturated heterocycles. The molecule has 3 atom stereocenters. The Morgan fingerprint density at radius 2 is 2.02 bits per heavy atom. The molecule has 0 bridgehead atoms. The fourth-order valence-electron chi connectivity index (χ4n) is 6.01. The van der Waals surface area contributed by atoms with Crippen molar-refractivity contribution in [3.05, 3.63) is 75.4 Å². The number of thiazole rings is 1. The summed E-state index contributed by atoms with van der Waals surface area (Å²) in [5.74, 6) is -0.584. The minimum absolute atomic E-state index is 0.172. The van der Waals surface area contributed by atoms with E-state index < -0.39 is 17.9 Å². The number of allylic oxidation sites excluding steroid dienone is 3. The van der Waals surface area contributed by atoms with E-state index in [1.54, 1.807) is 4.90 Å². The lowest BCUT2D eigenvalue weighted by Gasteiger charge is -2.31. The van der Waals surface area contributed by atoms with Crippen LogP contribution in [-0.4, -0.2) is 74.0 Å². The van der Waals surface area contributed by atoms with Gasteiger partial charge in [0.2, 0.25) is 5.91 Å². The molecular formula is C36H54N6O3S. The molecule has 0 aromatic carbocycles. The van der Waals surface area contributed by atoms with Gasteiger partial charge in [0.25, 0.3) is 5.91 Å². The number of rotatable bonds is 13. The predicted octanol–water partition coefficient (Wildman–Crippen LogP) is 6.03. The summed E-state index contributed by atoms with van der Waals surface area (Å²) in [4.78, 5) is 40.2. The number of carbonyl (C=O) groups is 2. The maximum Gasteiger partial charge on any atom is 0.252 e. The van der Waals surface area contributed by atoms with Crippen LogP contribution in [0.2, 0.25) is 0 Å². The second-order valence-corrected chi connectivity index (χ2v) is 12.8. The lowest BCUT2D eigenvalue weighted by molar-refractivity contribution is -0.148. The summed E-state index contributed by atoms with van der Waals surface area (Å²) in [5.41, 5.74) is 5.03. The highest BCUT2D eigenvalue weighted by Crippen LogP contribution is 2.28. The number of aromatic nitrogens is 3. The lowest BCUT2D eigenvalue weighted by atomic mass is 9.94. The van der Waals surface area contributed by atoms with Crippen LogP contribution in [0.5, 0.6) is 0 Å². The smallest absolute Gasteiger partial charge is 0.252 e. The van der Waals surface area contributed by atoms with Gasteiger partial charge in [0, 0.05) is 37.4 Å². The first-order valence-corrected chi connectivity index (χ1v) is 17.6. The zero-order valence-corrected chi connectivity index (χ0v) is 29.7. The largest absolute Gasteiger partial charge is 0.382 e. The molecule has 2 aromatic rings. The van der Waals surface area contributed by atoms with Gasteiger partial charge in [-0.15, -0.1) is 11.3 Å². The number of likely N-dealkylation sites (N-methyl/N-ethyl adjacent to an activating group) is 1. The van der Waals surface area contributed by atoms with Crippen LogP contribution in [-0.2, 0) is 29.1 Å². The van der Waals surface area contributed by atoms with E-state index in [-0.39, 0.29) is 18.5 Å². The molecular weight excluding hydrogens is 597 g/mol. The summed E-state index contributed by atoms with van der Waals surface area (Å²) in [6.07, 6.45) is 14.7. The molecule has 10 heteroatoms. The van der Waals surface area contributed by atoms with E-state index in [1.807, 2.05) is 77.2 Å². The third-order valence-corrected chi connectivity index (χ3v) is 9.34. The number of hydrogen-bond acceptors (Lipinski definition) is 7. The molecule has 2 amide bonds. The molecule has 4 rings (SSSR count). The van der Waals surface area contributed by atoms with Gasteiger partial charge >= 0.3 is 0 Å². The molecule has 2 aromatic heterocycles. The van der Waals surface area contributed by atoms with Crippen molar-refractivity contribution in [1.82, 2.24) is 29.7 Å². The van der Waals surface area contributed by atoms with Crippen molar-refractivity contribution in [2.24, 2.45) is 5.92 Å². The van der Waals surface area contributed by atoms with Crippen LogP contribution in [0, 0.1) is 12.8 Å². The number of imidazole rings is 1. The lowest BCUT2D eigenvalue weighted by Crippen LogP contribution is -2.49. The first-order chi connectivity index (χ1) is 22.1. The molecule has 46 heavy (non-hydrogen) atoms. The Morgan fingerprint density at radius 3 is 2.72 bits per heavy atom. The predicted molar refractivity (Wildman–Crippen MR) is 188 cm³/mol. The molecule has 2 N–H and O–H groups in total. The highest BCUT2D eigenvalue weighted by molar-refractivity contribution is 7.09. The average Bonchev–Trinajstić information content (AvgIpc) is 3.74. The number of fused-ring (bicyclic) bond motifs is 1. The van der Waals surface area contributed by atoms with E-state index >= 15 is 0 Å². The highest BCUT2D eigenvalue weighted by Gasteiger charge is 2.39. The number of carbonyl (C=O) groups excluding carboxylic acids is 2. The molecule has 1 fully saturated rings. The maximum absolute atomic E-state index is 13.7. The first kappa shape index (κ1) is 37.0. The van der Waals surface area contributed by atoms with Crippen LogP contribution < -0.4 is 5.32 Å². The minimum atomic E-state index is -1.42. The van der Waals surface area contributed by atoms with E-state index in [9.17, 15) is 14.7 Å². The van der Waals surface area contributed by atoms with Crippen LogP contribution in [0.25, 0.3) is 6.08 Å². The summed E-state index contributed by atoms with van der Waals surface area (Å²) in [7, 11) is 3.86. The van der Waals surface area contributed by atoms with Crippen molar-refractivity contribution in [3.63, 3.8) is 0 Å². The van der Waals surface area contributed by atoms with Crippen LogP contribution in [0.3, 0.4) is 0 Å². The Hall–Kier alpha value is -3.50. The molecule has 1 aliphatic heterocycles.